The van der Waals surface area contributed by atoms with E-state index in [4.69, 9.17) is 14.0 Å². The minimum atomic E-state index is 0.0598. The maximum atomic E-state index is 12.9. The Labute approximate surface area is 171 Å². The van der Waals surface area contributed by atoms with Gasteiger partial charge < -0.3 is 18.9 Å². The fourth-order valence-corrected chi connectivity index (χ4v) is 3.97. The van der Waals surface area contributed by atoms with Crippen LogP contribution in [0.3, 0.4) is 0 Å². The molecule has 7 nitrogen and oxygen atoms in total. The van der Waals surface area contributed by atoms with Gasteiger partial charge in [0.15, 0.2) is 0 Å². The van der Waals surface area contributed by atoms with E-state index in [0.717, 1.165) is 69.2 Å². The molecule has 0 saturated carbocycles. The first-order valence-electron chi connectivity index (χ1n) is 10.4. The number of benzene rings is 1. The van der Waals surface area contributed by atoms with E-state index in [2.05, 4.69) is 10.1 Å². The van der Waals surface area contributed by atoms with E-state index in [1.807, 2.05) is 43.0 Å². The minimum Gasteiger partial charge on any atom is -0.489 e. The number of aromatic nitrogens is 1. The number of hydrogen-bond acceptors (Lipinski definition) is 6. The number of piperazine rings is 1. The van der Waals surface area contributed by atoms with Crippen LogP contribution in [0.5, 0.6) is 5.75 Å². The van der Waals surface area contributed by atoms with Crippen LogP contribution < -0.4 is 4.74 Å². The number of carbonyl (C=O) groups excluding carboxylic acids is 1. The maximum absolute atomic E-state index is 12.9. The normalized spacial score (nSPS) is 20.2. The molecular formula is C22H29N3O4. The smallest absolute Gasteiger partial charge is 0.254 e. The third-order valence-corrected chi connectivity index (χ3v) is 5.79. The van der Waals surface area contributed by atoms with Crippen LogP contribution in [-0.2, 0) is 11.3 Å². The Balaban J connectivity index is 1.31. The van der Waals surface area contributed by atoms with Gasteiger partial charge in [-0.1, -0.05) is 11.2 Å². The highest BCUT2D eigenvalue weighted by Gasteiger charge is 2.25. The third-order valence-electron chi connectivity index (χ3n) is 5.79. The lowest BCUT2D eigenvalue weighted by molar-refractivity contribution is 0.0432. The van der Waals surface area contributed by atoms with Crippen LogP contribution in [0.15, 0.2) is 28.8 Å². The van der Waals surface area contributed by atoms with E-state index < -0.39 is 0 Å². The van der Waals surface area contributed by atoms with Crippen molar-refractivity contribution < 1.29 is 18.8 Å². The molecular weight excluding hydrogens is 370 g/mol. The predicted octanol–water partition coefficient (Wildman–Crippen LogP) is 2.81. The van der Waals surface area contributed by atoms with E-state index in [0.29, 0.717) is 24.0 Å². The van der Waals surface area contributed by atoms with Gasteiger partial charge in [-0.2, -0.15) is 0 Å². The Morgan fingerprint density at radius 1 is 1.24 bits per heavy atom. The van der Waals surface area contributed by atoms with E-state index in [1.54, 1.807) is 0 Å². The van der Waals surface area contributed by atoms with Crippen LogP contribution in [0.4, 0.5) is 0 Å². The number of rotatable bonds is 6. The zero-order chi connectivity index (χ0) is 20.2. The molecule has 2 saturated heterocycles. The minimum absolute atomic E-state index is 0.0598. The average Bonchev–Trinajstić information content (AvgIpc) is 3.36. The second kappa shape index (κ2) is 8.97. The molecule has 3 heterocycles. The van der Waals surface area contributed by atoms with Gasteiger partial charge in [0.1, 0.15) is 18.1 Å². The van der Waals surface area contributed by atoms with Gasteiger partial charge in [0.25, 0.3) is 5.91 Å². The topological polar surface area (TPSA) is 68.0 Å². The van der Waals surface area contributed by atoms with Crippen molar-refractivity contribution in [1.82, 2.24) is 15.0 Å². The number of hydrogen-bond donors (Lipinski definition) is 0. The number of carbonyl (C=O) groups is 1. The van der Waals surface area contributed by atoms with Crippen molar-refractivity contribution in [3.05, 3.63) is 46.8 Å². The lowest BCUT2D eigenvalue weighted by Crippen LogP contribution is -2.50. The lowest BCUT2D eigenvalue weighted by atomic mass is 10.1. The lowest BCUT2D eigenvalue weighted by Gasteiger charge is -2.35. The second-order valence-electron chi connectivity index (χ2n) is 7.85. The molecule has 0 spiro atoms. The molecule has 1 aromatic heterocycles. The third kappa shape index (κ3) is 4.79. The Kier molecular flexibility index (Phi) is 6.16. The zero-order valence-electron chi connectivity index (χ0n) is 17.2. The molecule has 4 rings (SSSR count). The van der Waals surface area contributed by atoms with Crippen molar-refractivity contribution in [1.29, 1.82) is 0 Å². The Morgan fingerprint density at radius 2 is 2.07 bits per heavy atom. The zero-order valence-corrected chi connectivity index (χ0v) is 17.2. The van der Waals surface area contributed by atoms with Crippen molar-refractivity contribution in [2.45, 2.75) is 39.4 Å². The first-order chi connectivity index (χ1) is 14.1. The van der Waals surface area contributed by atoms with Crippen molar-refractivity contribution in [3.63, 3.8) is 0 Å². The van der Waals surface area contributed by atoms with Gasteiger partial charge in [0.05, 0.1) is 17.4 Å². The summed E-state index contributed by atoms with van der Waals surface area (Å²) in [5.74, 6) is 1.49. The molecule has 7 heteroatoms. The molecule has 2 aromatic rings. The van der Waals surface area contributed by atoms with Gasteiger partial charge in [-0.05, 0) is 44.9 Å². The van der Waals surface area contributed by atoms with Gasteiger partial charge >= 0.3 is 0 Å². The van der Waals surface area contributed by atoms with Gasteiger partial charge in [-0.3, -0.25) is 9.69 Å². The summed E-state index contributed by atoms with van der Waals surface area (Å²) < 4.78 is 16.8. The number of amides is 1. The van der Waals surface area contributed by atoms with Gasteiger partial charge in [-0.25, -0.2) is 0 Å². The van der Waals surface area contributed by atoms with Crippen LogP contribution >= 0.6 is 0 Å². The average molecular weight is 399 g/mol. The number of aryl methyl sites for hydroxylation is 2. The van der Waals surface area contributed by atoms with Crippen LogP contribution in [-0.4, -0.2) is 66.3 Å². The molecule has 156 valence electrons. The summed E-state index contributed by atoms with van der Waals surface area (Å²) in [6.45, 7) is 9.30. The molecule has 1 atom stereocenters. The Morgan fingerprint density at radius 3 is 2.76 bits per heavy atom. The SMILES string of the molecule is Cc1noc(C)c1COc1cccc(C(=O)N2CCN(CC3CCCO3)CC2)c1. The van der Waals surface area contributed by atoms with Gasteiger partial charge in [0, 0.05) is 44.9 Å². The molecule has 1 amide bonds. The summed E-state index contributed by atoms with van der Waals surface area (Å²) >= 11 is 0. The molecule has 1 aromatic carbocycles. The monoisotopic (exact) mass is 399 g/mol. The highest BCUT2D eigenvalue weighted by atomic mass is 16.5. The van der Waals surface area contributed by atoms with Crippen molar-refractivity contribution in [3.8, 4) is 5.75 Å². The molecule has 1 unspecified atom stereocenters. The molecule has 2 fully saturated rings. The summed E-state index contributed by atoms with van der Waals surface area (Å²) in [5.41, 5.74) is 2.44. The fraction of sp³-hybridized carbons (Fsp3) is 0.545. The maximum Gasteiger partial charge on any atom is 0.254 e. The van der Waals surface area contributed by atoms with Crippen LogP contribution in [0.1, 0.15) is 40.2 Å². The van der Waals surface area contributed by atoms with Crippen LogP contribution in [0.2, 0.25) is 0 Å². The second-order valence-corrected chi connectivity index (χ2v) is 7.85. The van der Waals surface area contributed by atoms with Crippen molar-refractivity contribution in [2.24, 2.45) is 0 Å². The van der Waals surface area contributed by atoms with Crippen LogP contribution in [0, 0.1) is 13.8 Å². The quantitative estimate of drug-likeness (QED) is 0.744. The van der Waals surface area contributed by atoms with Gasteiger partial charge in [0.2, 0.25) is 0 Å². The predicted molar refractivity (Wildman–Crippen MR) is 108 cm³/mol. The number of ether oxygens (including phenoxy) is 2. The Bertz CT molecular complexity index is 817. The molecule has 2 aliphatic rings. The van der Waals surface area contributed by atoms with E-state index in [1.165, 1.54) is 0 Å². The standard InChI is InChI=1S/C22H29N3O4/c1-16-21(17(2)29-23-16)15-28-19-6-3-5-18(13-19)22(26)25-10-8-24(9-11-25)14-20-7-4-12-27-20/h3,5-6,13,20H,4,7-12,14-15H2,1-2H3. The van der Waals surface area contributed by atoms with E-state index in [9.17, 15) is 4.79 Å². The van der Waals surface area contributed by atoms with Crippen molar-refractivity contribution >= 4 is 5.91 Å². The van der Waals surface area contributed by atoms with E-state index in [-0.39, 0.29) is 5.91 Å². The molecule has 0 bridgehead atoms. The summed E-state index contributed by atoms with van der Waals surface area (Å²) in [6, 6.07) is 7.40. The Hall–Kier alpha value is -2.38. The first-order valence-corrected chi connectivity index (χ1v) is 10.4. The molecule has 2 aliphatic heterocycles. The highest BCUT2D eigenvalue weighted by Crippen LogP contribution is 2.20. The summed E-state index contributed by atoms with van der Waals surface area (Å²) in [4.78, 5) is 17.3. The van der Waals surface area contributed by atoms with Crippen LogP contribution in [0.25, 0.3) is 0 Å². The molecule has 29 heavy (non-hydrogen) atoms. The molecule has 0 N–H and O–H groups in total. The summed E-state index contributed by atoms with van der Waals surface area (Å²) in [7, 11) is 0. The largest absolute Gasteiger partial charge is 0.489 e. The first kappa shape index (κ1) is 19.9. The summed E-state index contributed by atoms with van der Waals surface area (Å²) in [5, 5.41) is 3.95. The van der Waals surface area contributed by atoms with Gasteiger partial charge in [-0.15, -0.1) is 0 Å². The summed E-state index contributed by atoms with van der Waals surface area (Å²) in [6.07, 6.45) is 2.68. The highest BCUT2D eigenvalue weighted by molar-refractivity contribution is 5.94. The number of nitrogens with zero attached hydrogens (tertiary/aromatic N) is 3. The molecule has 0 aliphatic carbocycles. The van der Waals surface area contributed by atoms with Crippen molar-refractivity contribution in [2.75, 3.05) is 39.3 Å². The van der Waals surface area contributed by atoms with E-state index >= 15 is 0 Å². The molecule has 0 radical (unpaired) electrons. The fourth-order valence-electron chi connectivity index (χ4n) is 3.97.